The molecule has 8 heteroatoms. The Morgan fingerprint density at radius 1 is 1.22 bits per heavy atom. The van der Waals surface area contributed by atoms with Crippen LogP contribution in [-0.4, -0.2) is 27.3 Å². The Morgan fingerprint density at radius 2 is 2.11 bits per heavy atom. The second kappa shape index (κ2) is 6.99. The summed E-state index contributed by atoms with van der Waals surface area (Å²) in [6.45, 7) is 0. The van der Waals surface area contributed by atoms with Crippen molar-refractivity contribution in [2.75, 3.05) is 5.32 Å². The van der Waals surface area contributed by atoms with Crippen LogP contribution in [0.15, 0.2) is 66.3 Å². The van der Waals surface area contributed by atoms with Crippen molar-refractivity contribution >= 4 is 17.3 Å². The van der Waals surface area contributed by atoms with Gasteiger partial charge >= 0.3 is 0 Å². The fraction of sp³-hybridized carbons (Fsp3) is 0.105. The summed E-state index contributed by atoms with van der Waals surface area (Å²) in [5.74, 6) is -1.36. The first kappa shape index (κ1) is 16.9. The van der Waals surface area contributed by atoms with Crippen molar-refractivity contribution < 1.29 is 18.4 Å². The van der Waals surface area contributed by atoms with Crippen LogP contribution in [0.5, 0.6) is 0 Å². The zero-order valence-corrected chi connectivity index (χ0v) is 14.0. The molecule has 0 aliphatic carbocycles. The number of carbonyl (C=O) groups is 1. The molecule has 4 rings (SSSR count). The van der Waals surface area contributed by atoms with Gasteiger partial charge in [-0.25, -0.2) is 13.8 Å². The van der Waals surface area contributed by atoms with E-state index < -0.39 is 23.6 Å². The molecule has 0 bridgehead atoms. The monoisotopic (exact) mass is 368 g/mol. The summed E-state index contributed by atoms with van der Waals surface area (Å²) in [5, 5.41) is 6.47. The Morgan fingerprint density at radius 3 is 2.85 bits per heavy atom. The van der Waals surface area contributed by atoms with Gasteiger partial charge in [0.1, 0.15) is 11.6 Å². The number of hydrogen-bond acceptors (Lipinski definition) is 4. The lowest BCUT2D eigenvalue weighted by Crippen LogP contribution is -2.28. The van der Waals surface area contributed by atoms with Gasteiger partial charge in [0.05, 0.1) is 17.7 Å². The number of benzene rings is 2. The highest BCUT2D eigenvalue weighted by Gasteiger charge is 2.29. The minimum absolute atomic E-state index is 0.199. The van der Waals surface area contributed by atoms with E-state index in [9.17, 15) is 13.6 Å². The third-order valence-electron chi connectivity index (χ3n) is 4.12. The molecule has 0 saturated carbocycles. The number of amides is 1. The molecular weight excluding hydrogens is 354 g/mol. The van der Waals surface area contributed by atoms with E-state index in [0.717, 1.165) is 0 Å². The number of oxime groups is 1. The van der Waals surface area contributed by atoms with Crippen LogP contribution in [0.25, 0.3) is 5.69 Å². The molecule has 1 unspecified atom stereocenters. The van der Waals surface area contributed by atoms with Gasteiger partial charge in [0, 0.05) is 30.1 Å². The molecule has 1 atom stereocenters. The standard InChI is InChI=1S/C19H14F2N4O2/c20-13-3-1-2-12(8-13)16-10-18(27-24-16)19(26)23-14-4-5-17(15(21)9-14)25-7-6-22-11-25/h1-9,11,18H,10H2,(H,23,26). The van der Waals surface area contributed by atoms with Gasteiger partial charge < -0.3 is 14.7 Å². The first-order chi connectivity index (χ1) is 13.1. The highest BCUT2D eigenvalue weighted by molar-refractivity contribution is 6.06. The summed E-state index contributed by atoms with van der Waals surface area (Å²) >= 11 is 0. The summed E-state index contributed by atoms with van der Waals surface area (Å²) in [6.07, 6.45) is 3.98. The Kier molecular flexibility index (Phi) is 4.37. The van der Waals surface area contributed by atoms with Gasteiger partial charge in [0.15, 0.2) is 0 Å². The number of nitrogens with zero attached hydrogens (tertiary/aromatic N) is 3. The molecule has 2 heterocycles. The Hall–Kier alpha value is -3.55. The van der Waals surface area contributed by atoms with Crippen LogP contribution in [0.3, 0.4) is 0 Å². The fourth-order valence-corrected chi connectivity index (χ4v) is 2.77. The van der Waals surface area contributed by atoms with Gasteiger partial charge in [0.25, 0.3) is 5.91 Å². The second-order valence-electron chi connectivity index (χ2n) is 5.97. The molecule has 0 saturated heterocycles. The van der Waals surface area contributed by atoms with E-state index in [2.05, 4.69) is 15.5 Å². The van der Waals surface area contributed by atoms with Crippen LogP contribution in [0.2, 0.25) is 0 Å². The van der Waals surface area contributed by atoms with Crippen LogP contribution < -0.4 is 5.32 Å². The Labute approximate surface area is 153 Å². The number of halogens is 2. The van der Waals surface area contributed by atoms with Gasteiger partial charge in [-0.3, -0.25) is 4.79 Å². The van der Waals surface area contributed by atoms with Crippen molar-refractivity contribution in [2.24, 2.45) is 5.16 Å². The smallest absolute Gasteiger partial charge is 0.268 e. The summed E-state index contributed by atoms with van der Waals surface area (Å²) in [7, 11) is 0. The third kappa shape index (κ3) is 3.55. The summed E-state index contributed by atoms with van der Waals surface area (Å²) in [4.78, 5) is 21.4. The van der Waals surface area contributed by atoms with Gasteiger partial charge in [-0.2, -0.15) is 0 Å². The number of hydrogen-bond donors (Lipinski definition) is 1. The Balaban J connectivity index is 1.42. The molecule has 136 valence electrons. The lowest BCUT2D eigenvalue weighted by molar-refractivity contribution is -0.125. The van der Waals surface area contributed by atoms with E-state index in [-0.39, 0.29) is 6.42 Å². The average molecular weight is 368 g/mol. The van der Waals surface area contributed by atoms with E-state index in [0.29, 0.717) is 22.6 Å². The zero-order chi connectivity index (χ0) is 18.8. The van der Waals surface area contributed by atoms with E-state index in [1.807, 2.05) is 0 Å². The zero-order valence-electron chi connectivity index (χ0n) is 14.0. The predicted molar refractivity (Wildman–Crippen MR) is 94.6 cm³/mol. The number of nitrogens with one attached hydrogen (secondary N) is 1. The molecule has 1 N–H and O–H groups in total. The van der Waals surface area contributed by atoms with Crippen LogP contribution in [0, 0.1) is 11.6 Å². The maximum atomic E-state index is 14.3. The summed E-state index contributed by atoms with van der Waals surface area (Å²) in [6, 6.07) is 10.2. The molecule has 0 spiro atoms. The summed E-state index contributed by atoms with van der Waals surface area (Å²) in [5.41, 5.74) is 1.65. The first-order valence-electron chi connectivity index (χ1n) is 8.17. The molecule has 0 fully saturated rings. The molecule has 3 aromatic rings. The quantitative estimate of drug-likeness (QED) is 0.768. The minimum atomic E-state index is -0.861. The SMILES string of the molecule is O=C(Nc1ccc(-n2ccnc2)c(F)c1)C1CC(c2cccc(F)c2)=NO1. The fourth-order valence-electron chi connectivity index (χ4n) is 2.77. The highest BCUT2D eigenvalue weighted by Crippen LogP contribution is 2.21. The molecule has 1 aliphatic heterocycles. The normalized spacial score (nSPS) is 15.9. The molecule has 0 radical (unpaired) electrons. The maximum absolute atomic E-state index is 14.3. The van der Waals surface area contributed by atoms with Gasteiger partial charge in [-0.05, 0) is 30.3 Å². The number of imidazole rings is 1. The molecule has 27 heavy (non-hydrogen) atoms. The number of rotatable bonds is 4. The second-order valence-corrected chi connectivity index (χ2v) is 5.97. The van der Waals surface area contributed by atoms with Crippen molar-refractivity contribution in [3.05, 3.63) is 78.4 Å². The van der Waals surface area contributed by atoms with Gasteiger partial charge in [-0.1, -0.05) is 17.3 Å². The molecule has 2 aromatic carbocycles. The van der Waals surface area contributed by atoms with Crippen molar-refractivity contribution in [3.8, 4) is 5.69 Å². The van der Waals surface area contributed by atoms with Crippen LogP contribution in [-0.2, 0) is 9.63 Å². The average Bonchev–Trinajstić information content (AvgIpc) is 3.34. The summed E-state index contributed by atoms with van der Waals surface area (Å²) < 4.78 is 29.1. The molecule has 1 aliphatic rings. The number of anilines is 1. The molecule has 1 aromatic heterocycles. The van der Waals surface area contributed by atoms with Crippen LogP contribution in [0.1, 0.15) is 12.0 Å². The van der Waals surface area contributed by atoms with Crippen molar-refractivity contribution in [3.63, 3.8) is 0 Å². The lowest BCUT2D eigenvalue weighted by Gasteiger charge is -2.11. The van der Waals surface area contributed by atoms with Crippen molar-refractivity contribution in [2.45, 2.75) is 12.5 Å². The van der Waals surface area contributed by atoms with E-state index in [1.54, 1.807) is 30.6 Å². The van der Waals surface area contributed by atoms with E-state index in [1.165, 1.54) is 35.2 Å². The van der Waals surface area contributed by atoms with Crippen molar-refractivity contribution in [1.29, 1.82) is 0 Å². The number of carbonyl (C=O) groups excluding carboxylic acids is 1. The van der Waals surface area contributed by atoms with Crippen molar-refractivity contribution in [1.82, 2.24) is 9.55 Å². The minimum Gasteiger partial charge on any atom is -0.382 e. The maximum Gasteiger partial charge on any atom is 0.268 e. The predicted octanol–water partition coefficient (Wildman–Crippen LogP) is 3.28. The van der Waals surface area contributed by atoms with Crippen LogP contribution in [0.4, 0.5) is 14.5 Å². The first-order valence-corrected chi connectivity index (χ1v) is 8.17. The van der Waals surface area contributed by atoms with Gasteiger partial charge in [-0.15, -0.1) is 0 Å². The Bertz CT molecular complexity index is 1020. The molecular formula is C19H14F2N4O2. The van der Waals surface area contributed by atoms with E-state index in [4.69, 9.17) is 4.84 Å². The third-order valence-corrected chi connectivity index (χ3v) is 4.12. The number of aromatic nitrogens is 2. The molecule has 6 nitrogen and oxygen atoms in total. The largest absolute Gasteiger partial charge is 0.382 e. The van der Waals surface area contributed by atoms with E-state index >= 15 is 0 Å². The lowest BCUT2D eigenvalue weighted by atomic mass is 10.0. The topological polar surface area (TPSA) is 68.5 Å². The van der Waals surface area contributed by atoms with Crippen LogP contribution >= 0.6 is 0 Å². The molecule has 1 amide bonds. The highest BCUT2D eigenvalue weighted by atomic mass is 19.1. The van der Waals surface area contributed by atoms with Gasteiger partial charge in [0.2, 0.25) is 6.10 Å².